The minimum atomic E-state index is -5.20. The van der Waals surface area contributed by atoms with Gasteiger partial charge in [0, 0.05) is 18.1 Å². The van der Waals surface area contributed by atoms with E-state index in [1.165, 1.54) is 18.2 Å². The smallest absolute Gasteiger partial charge is 0.461 e. The summed E-state index contributed by atoms with van der Waals surface area (Å²) in [7, 11) is 1.14. The van der Waals surface area contributed by atoms with Gasteiger partial charge in [0.05, 0.1) is 18.2 Å². The highest BCUT2D eigenvalue weighted by Crippen LogP contribution is 2.40. The number of amides is 1. The van der Waals surface area contributed by atoms with Gasteiger partial charge in [-0.25, -0.2) is 13.2 Å². The maximum atomic E-state index is 15.1. The molecule has 0 aromatic heterocycles. The Labute approximate surface area is 249 Å². The molecule has 0 radical (unpaired) electrons. The van der Waals surface area contributed by atoms with Crippen molar-refractivity contribution in [1.29, 1.82) is 0 Å². The number of halogens is 10. The predicted molar refractivity (Wildman–Crippen MR) is 141 cm³/mol. The van der Waals surface area contributed by atoms with Crippen LogP contribution in [0.25, 0.3) is 0 Å². The van der Waals surface area contributed by atoms with Crippen molar-refractivity contribution in [1.82, 2.24) is 5.32 Å². The molecule has 45 heavy (non-hydrogen) atoms. The number of hydrogen-bond acceptors (Lipinski definition) is 3. The number of carbonyl (C=O) groups excluding carboxylic acids is 1. The zero-order valence-corrected chi connectivity index (χ0v) is 22.9. The van der Waals surface area contributed by atoms with Gasteiger partial charge in [-0.05, 0) is 59.2 Å². The van der Waals surface area contributed by atoms with Crippen LogP contribution < -0.4 is 14.8 Å². The summed E-state index contributed by atoms with van der Waals surface area (Å²) in [6.45, 7) is 0. The highest BCUT2D eigenvalue weighted by molar-refractivity contribution is 5.95. The van der Waals surface area contributed by atoms with E-state index in [1.807, 2.05) is 0 Å². The van der Waals surface area contributed by atoms with Crippen molar-refractivity contribution in [2.45, 2.75) is 30.7 Å². The fourth-order valence-corrected chi connectivity index (χ4v) is 4.61. The van der Waals surface area contributed by atoms with Gasteiger partial charge >= 0.3 is 18.7 Å². The molecule has 0 heterocycles. The highest BCUT2D eigenvalue weighted by Gasteiger charge is 2.45. The van der Waals surface area contributed by atoms with E-state index in [4.69, 9.17) is 4.74 Å². The lowest BCUT2D eigenvalue weighted by molar-refractivity contribution is -0.253. The molecule has 1 atom stereocenters. The monoisotopic (exact) mass is 645 g/mol. The van der Waals surface area contributed by atoms with Crippen molar-refractivity contribution in [2.75, 3.05) is 7.11 Å². The number of rotatable bonds is 10. The third kappa shape index (κ3) is 7.32. The Balaban J connectivity index is 2.00. The quantitative estimate of drug-likeness (QED) is 0.177. The fourth-order valence-electron chi connectivity index (χ4n) is 4.61. The van der Waals surface area contributed by atoms with Crippen molar-refractivity contribution >= 4 is 5.91 Å². The van der Waals surface area contributed by atoms with E-state index < -0.39 is 76.5 Å². The van der Waals surface area contributed by atoms with Gasteiger partial charge in [0.1, 0.15) is 17.4 Å². The molecule has 0 fully saturated rings. The van der Waals surface area contributed by atoms with Crippen LogP contribution >= 0.6 is 0 Å². The van der Waals surface area contributed by atoms with Crippen LogP contribution in [-0.2, 0) is 18.1 Å². The molecule has 4 rings (SSSR count). The number of alkyl halides is 7. The molecular formula is C31H21F10NO3. The summed E-state index contributed by atoms with van der Waals surface area (Å²) in [4.78, 5) is 13.6. The number of hydrogen-bond donors (Lipinski definition) is 1. The van der Waals surface area contributed by atoms with Crippen molar-refractivity contribution in [3.05, 3.63) is 130 Å². The average Bonchev–Trinajstić information content (AvgIpc) is 2.96. The Morgan fingerprint density at radius 2 is 1.49 bits per heavy atom. The maximum Gasteiger partial charge on any atom is 0.461 e. The summed E-state index contributed by atoms with van der Waals surface area (Å²) < 4.78 is 147. The second-order valence-electron chi connectivity index (χ2n) is 9.70. The Bertz CT molecular complexity index is 1680. The largest absolute Gasteiger partial charge is 0.494 e. The fraction of sp³-hybridized carbons (Fsp3) is 0.194. The predicted octanol–water partition coefficient (Wildman–Crippen LogP) is 8.28. The van der Waals surface area contributed by atoms with Crippen molar-refractivity contribution < 1.29 is 58.2 Å². The van der Waals surface area contributed by atoms with Gasteiger partial charge in [0.15, 0.2) is 11.6 Å². The molecule has 1 unspecified atom stereocenters. The van der Waals surface area contributed by atoms with E-state index in [0.29, 0.717) is 29.8 Å². The first-order chi connectivity index (χ1) is 21.1. The number of methoxy groups -OCH3 is 1. The van der Waals surface area contributed by atoms with Crippen LogP contribution in [0, 0.1) is 17.5 Å². The summed E-state index contributed by atoms with van der Waals surface area (Å²) in [6.07, 6.45) is -15.0. The van der Waals surface area contributed by atoms with Crippen molar-refractivity contribution in [3.8, 4) is 11.5 Å². The van der Waals surface area contributed by atoms with Gasteiger partial charge in [-0.15, -0.1) is 0 Å². The molecule has 0 saturated carbocycles. The topological polar surface area (TPSA) is 47.6 Å². The van der Waals surface area contributed by atoms with Gasteiger partial charge in [-0.2, -0.15) is 30.7 Å². The molecule has 0 saturated heterocycles. The molecule has 4 nitrogen and oxygen atoms in total. The summed E-state index contributed by atoms with van der Waals surface area (Å²) in [5.41, 5.74) is -5.02. The molecule has 0 aliphatic heterocycles. The van der Waals surface area contributed by atoms with E-state index in [-0.39, 0.29) is 17.4 Å². The van der Waals surface area contributed by atoms with E-state index in [1.54, 1.807) is 18.2 Å². The second kappa shape index (κ2) is 12.7. The molecule has 0 spiro atoms. The Morgan fingerprint density at radius 1 is 0.800 bits per heavy atom. The lowest BCUT2D eigenvalue weighted by Gasteiger charge is -2.37. The summed E-state index contributed by atoms with van der Waals surface area (Å²) in [6, 6.07) is 14.0. The molecule has 4 aromatic rings. The minimum Gasteiger partial charge on any atom is -0.494 e. The van der Waals surface area contributed by atoms with Crippen molar-refractivity contribution in [2.24, 2.45) is 0 Å². The van der Waals surface area contributed by atoms with Crippen LogP contribution in [-0.4, -0.2) is 25.6 Å². The Kier molecular flexibility index (Phi) is 9.35. The first kappa shape index (κ1) is 33.1. The molecule has 1 N–H and O–H groups in total. The Morgan fingerprint density at radius 3 is 2.09 bits per heavy atom. The van der Waals surface area contributed by atoms with E-state index in [9.17, 15) is 44.3 Å². The molecular weight excluding hydrogens is 624 g/mol. The van der Waals surface area contributed by atoms with Crippen molar-refractivity contribution in [3.63, 3.8) is 0 Å². The third-order valence-corrected chi connectivity index (χ3v) is 6.69. The molecule has 4 aromatic carbocycles. The van der Waals surface area contributed by atoms with Crippen LogP contribution in [0.3, 0.4) is 0 Å². The molecule has 0 aliphatic carbocycles. The normalized spacial score (nSPS) is 13.3. The summed E-state index contributed by atoms with van der Waals surface area (Å²) in [5, 5.41) is 2.44. The number of nitrogens with one attached hydrogen (secondary N) is 1. The highest BCUT2D eigenvalue weighted by atomic mass is 19.4. The molecule has 0 bridgehead atoms. The van der Waals surface area contributed by atoms with Gasteiger partial charge in [-0.1, -0.05) is 36.4 Å². The van der Waals surface area contributed by atoms with Gasteiger partial charge in [0.2, 0.25) is 0 Å². The Hall–Kier alpha value is -4.75. The minimum absolute atomic E-state index is 0.201. The van der Waals surface area contributed by atoms with E-state index in [2.05, 4.69) is 10.1 Å². The van der Waals surface area contributed by atoms with Crippen LogP contribution in [0.15, 0.2) is 84.9 Å². The SMILES string of the molecule is COc1ccc(C(Cc2ccccc2)(NC(=O)c2ccc(F)c(C(F)(F)F)c2)c2cc(F)cc(OC(F)(F)C(F)F)c2)cc1F. The molecule has 0 aliphatic rings. The van der Waals surface area contributed by atoms with Gasteiger partial charge in [0.25, 0.3) is 5.91 Å². The average molecular weight is 645 g/mol. The van der Waals surface area contributed by atoms with Gasteiger partial charge in [-0.3, -0.25) is 4.79 Å². The first-order valence-electron chi connectivity index (χ1n) is 12.8. The molecule has 14 heteroatoms. The summed E-state index contributed by atoms with van der Waals surface area (Å²) >= 11 is 0. The molecule has 1 amide bonds. The second-order valence-corrected chi connectivity index (χ2v) is 9.70. The number of carbonyl (C=O) groups is 1. The summed E-state index contributed by atoms with van der Waals surface area (Å²) in [5.74, 6) is -6.71. The van der Waals surface area contributed by atoms with Crippen LogP contribution in [0.1, 0.15) is 32.6 Å². The van der Waals surface area contributed by atoms with E-state index >= 15 is 4.39 Å². The van der Waals surface area contributed by atoms with Crippen LogP contribution in [0.5, 0.6) is 11.5 Å². The lowest BCUT2D eigenvalue weighted by Crippen LogP contribution is -2.49. The van der Waals surface area contributed by atoms with Crippen LogP contribution in [0.4, 0.5) is 43.9 Å². The lowest BCUT2D eigenvalue weighted by atomic mass is 9.77. The first-order valence-corrected chi connectivity index (χ1v) is 12.8. The van der Waals surface area contributed by atoms with E-state index in [0.717, 1.165) is 25.3 Å². The standard InChI is InChI=1S/C31H21F10NO3/c1-44-26-10-8-19(14-25(26)34)29(16-17-5-3-2-4-6-17,20-12-21(32)15-22(13-20)45-31(40,41)28(35)36)42-27(43)18-7-9-24(33)23(11-18)30(37,38)39/h2-15,28H,16H2,1H3,(H,42,43). The van der Waals surface area contributed by atoms with Gasteiger partial charge < -0.3 is 14.8 Å². The molecule has 238 valence electrons. The maximum absolute atomic E-state index is 15.1. The number of ether oxygens (including phenoxy) is 2. The zero-order valence-electron chi connectivity index (χ0n) is 22.9. The number of benzene rings is 4. The van der Waals surface area contributed by atoms with Crippen LogP contribution in [0.2, 0.25) is 0 Å². The third-order valence-electron chi connectivity index (χ3n) is 6.69. The zero-order chi connectivity index (χ0) is 33.2.